The number of aliphatic imine (C=N–C) groups is 1. The van der Waals surface area contributed by atoms with Gasteiger partial charge in [-0.15, -0.1) is 0 Å². The fourth-order valence-electron chi connectivity index (χ4n) is 1.04. The summed E-state index contributed by atoms with van der Waals surface area (Å²) in [7, 11) is 0. The lowest BCUT2D eigenvalue weighted by molar-refractivity contribution is 0.139. The zero-order chi connectivity index (χ0) is 10.6. The van der Waals surface area contributed by atoms with Gasteiger partial charge in [0.1, 0.15) is 0 Å². The molecule has 0 aromatic carbocycles. The number of nitrogens with zero attached hydrogens (tertiary/aromatic N) is 1. The van der Waals surface area contributed by atoms with Crippen LogP contribution in [-0.4, -0.2) is 30.4 Å². The van der Waals surface area contributed by atoms with Crippen LogP contribution in [-0.2, 0) is 0 Å². The van der Waals surface area contributed by atoms with Crippen molar-refractivity contribution in [3.63, 3.8) is 0 Å². The molecule has 0 aromatic rings. The van der Waals surface area contributed by atoms with Crippen LogP contribution < -0.4 is 5.32 Å². The third-order valence-corrected chi connectivity index (χ3v) is 3.36. The monoisotopic (exact) mass is 222 g/mol. The van der Waals surface area contributed by atoms with Crippen LogP contribution in [0.25, 0.3) is 0 Å². The molecule has 1 heterocycles. The summed E-state index contributed by atoms with van der Waals surface area (Å²) in [5.41, 5.74) is 0.235. The van der Waals surface area contributed by atoms with Crippen molar-refractivity contribution in [3.05, 3.63) is 0 Å². The second kappa shape index (κ2) is 4.96. The van der Waals surface area contributed by atoms with Crippen molar-refractivity contribution in [2.24, 2.45) is 10.4 Å². The van der Waals surface area contributed by atoms with Crippen LogP contribution in [0.5, 0.6) is 0 Å². The highest BCUT2D eigenvalue weighted by atomic mass is 32.2. The van der Waals surface area contributed by atoms with E-state index in [0.717, 1.165) is 17.5 Å². The zero-order valence-electron chi connectivity index (χ0n) is 8.52. The molecule has 0 unspecified atom stereocenters. The third kappa shape index (κ3) is 4.26. The Morgan fingerprint density at radius 1 is 1.57 bits per heavy atom. The van der Waals surface area contributed by atoms with Gasteiger partial charge >= 0.3 is 0 Å². The molecule has 0 spiro atoms. The van der Waals surface area contributed by atoms with Gasteiger partial charge in [-0.05, 0) is 5.41 Å². The molecular formula is C9H16F2N2S. The number of thioether (sulfide) groups is 1. The van der Waals surface area contributed by atoms with Gasteiger partial charge in [-0.3, -0.25) is 4.99 Å². The molecule has 0 fully saturated rings. The molecule has 0 saturated heterocycles. The molecule has 1 aliphatic heterocycles. The molecular weight excluding hydrogens is 206 g/mol. The quantitative estimate of drug-likeness (QED) is 0.792. The van der Waals surface area contributed by atoms with Crippen molar-refractivity contribution in [2.75, 3.05) is 18.8 Å². The van der Waals surface area contributed by atoms with Crippen molar-refractivity contribution in [2.45, 2.75) is 26.7 Å². The lowest BCUT2D eigenvalue weighted by atomic mass is 9.97. The molecule has 0 aromatic heterocycles. The maximum absolute atomic E-state index is 11.8. The molecule has 0 atom stereocenters. The molecule has 14 heavy (non-hydrogen) atoms. The zero-order valence-corrected chi connectivity index (χ0v) is 9.33. The Labute approximate surface area is 87.6 Å². The summed E-state index contributed by atoms with van der Waals surface area (Å²) in [5.74, 6) is 0.994. The molecule has 0 radical (unpaired) electrons. The lowest BCUT2D eigenvalue weighted by Crippen LogP contribution is -2.32. The highest BCUT2D eigenvalue weighted by molar-refractivity contribution is 8.13. The van der Waals surface area contributed by atoms with Crippen LogP contribution in [0.3, 0.4) is 0 Å². The highest BCUT2D eigenvalue weighted by Gasteiger charge is 2.23. The first-order valence-corrected chi connectivity index (χ1v) is 5.67. The summed E-state index contributed by atoms with van der Waals surface area (Å²) in [4.78, 5) is 4.30. The summed E-state index contributed by atoms with van der Waals surface area (Å²) >= 11 is 1.62. The van der Waals surface area contributed by atoms with Gasteiger partial charge in [0.25, 0.3) is 0 Å². The van der Waals surface area contributed by atoms with Crippen LogP contribution in [0.4, 0.5) is 8.78 Å². The summed E-state index contributed by atoms with van der Waals surface area (Å²) in [6, 6.07) is 0. The predicted octanol–water partition coefficient (Wildman–Crippen LogP) is 2.36. The van der Waals surface area contributed by atoms with Gasteiger partial charge in [-0.2, -0.15) is 0 Å². The van der Waals surface area contributed by atoms with Crippen molar-refractivity contribution in [1.29, 1.82) is 0 Å². The molecule has 5 heteroatoms. The minimum absolute atomic E-state index is 0.108. The van der Waals surface area contributed by atoms with E-state index in [9.17, 15) is 8.78 Å². The minimum atomic E-state index is -2.23. The largest absolute Gasteiger partial charge is 0.365 e. The van der Waals surface area contributed by atoms with Gasteiger partial charge in [0.2, 0.25) is 6.43 Å². The lowest BCUT2D eigenvalue weighted by Gasteiger charge is -2.27. The van der Waals surface area contributed by atoms with Gasteiger partial charge < -0.3 is 5.32 Å². The van der Waals surface area contributed by atoms with E-state index in [0.29, 0.717) is 6.54 Å². The van der Waals surface area contributed by atoms with Crippen LogP contribution in [0, 0.1) is 5.41 Å². The summed E-state index contributed by atoms with van der Waals surface area (Å²) in [6.45, 7) is 5.39. The molecule has 0 aliphatic carbocycles. The normalized spacial score (nSPS) is 20.8. The molecule has 2 nitrogen and oxygen atoms in total. The molecule has 0 bridgehead atoms. The molecule has 1 aliphatic rings. The van der Waals surface area contributed by atoms with Gasteiger partial charge in [-0.1, -0.05) is 25.6 Å². The maximum Gasteiger partial charge on any atom is 0.240 e. The fraction of sp³-hybridized carbons (Fsp3) is 0.889. The SMILES string of the molecule is CC1(C)CN=C(NCCC(F)F)SC1. The molecule has 0 amide bonds. The molecule has 0 saturated carbocycles. The van der Waals surface area contributed by atoms with Gasteiger partial charge in [-0.25, -0.2) is 8.78 Å². The summed E-state index contributed by atoms with van der Waals surface area (Å²) < 4.78 is 23.7. The van der Waals surface area contributed by atoms with Crippen LogP contribution in [0.2, 0.25) is 0 Å². The maximum atomic E-state index is 11.8. The van der Waals surface area contributed by atoms with Gasteiger partial charge in [0.15, 0.2) is 5.17 Å². The van der Waals surface area contributed by atoms with E-state index >= 15 is 0 Å². The molecule has 82 valence electrons. The van der Waals surface area contributed by atoms with E-state index in [1.165, 1.54) is 0 Å². The molecule has 1 N–H and O–H groups in total. The van der Waals surface area contributed by atoms with Crippen LogP contribution in [0.1, 0.15) is 20.3 Å². The van der Waals surface area contributed by atoms with E-state index in [1.54, 1.807) is 11.8 Å². The van der Waals surface area contributed by atoms with Crippen molar-refractivity contribution < 1.29 is 8.78 Å². The van der Waals surface area contributed by atoms with E-state index in [1.807, 2.05) is 0 Å². The van der Waals surface area contributed by atoms with E-state index in [-0.39, 0.29) is 11.8 Å². The van der Waals surface area contributed by atoms with Crippen molar-refractivity contribution >= 4 is 16.9 Å². The van der Waals surface area contributed by atoms with Crippen molar-refractivity contribution in [1.82, 2.24) is 5.32 Å². The standard InChI is InChI=1S/C9H16F2N2S/c1-9(2)5-13-8(14-6-9)12-4-3-7(10)11/h7H,3-6H2,1-2H3,(H,12,13). The Morgan fingerprint density at radius 2 is 2.29 bits per heavy atom. The highest BCUT2D eigenvalue weighted by Crippen LogP contribution is 2.26. The van der Waals surface area contributed by atoms with Crippen molar-refractivity contribution in [3.8, 4) is 0 Å². The van der Waals surface area contributed by atoms with E-state index in [4.69, 9.17) is 0 Å². The Kier molecular flexibility index (Phi) is 4.16. The average Bonchev–Trinajstić information content (AvgIpc) is 2.07. The number of rotatable bonds is 3. The number of amidine groups is 1. The van der Waals surface area contributed by atoms with Gasteiger partial charge in [0.05, 0.1) is 0 Å². The number of nitrogens with one attached hydrogen (secondary N) is 1. The summed E-state index contributed by atoms with van der Waals surface area (Å²) in [5, 5.41) is 3.73. The summed E-state index contributed by atoms with van der Waals surface area (Å²) in [6.07, 6.45) is -2.34. The fourth-order valence-corrected chi connectivity index (χ4v) is 2.01. The van der Waals surface area contributed by atoms with Crippen LogP contribution >= 0.6 is 11.8 Å². The predicted molar refractivity (Wildman–Crippen MR) is 57.2 cm³/mol. The second-order valence-electron chi connectivity index (χ2n) is 4.18. The smallest absolute Gasteiger partial charge is 0.240 e. The molecule has 1 rings (SSSR count). The first kappa shape index (κ1) is 11.8. The third-order valence-electron chi connectivity index (χ3n) is 1.89. The Balaban J connectivity index is 2.24. The van der Waals surface area contributed by atoms with E-state index < -0.39 is 6.43 Å². The first-order chi connectivity index (χ1) is 6.49. The topological polar surface area (TPSA) is 24.4 Å². The second-order valence-corrected chi connectivity index (χ2v) is 5.14. The van der Waals surface area contributed by atoms with Crippen LogP contribution in [0.15, 0.2) is 4.99 Å². The number of halogens is 2. The Bertz CT molecular complexity index is 217. The van der Waals surface area contributed by atoms with Gasteiger partial charge in [0, 0.05) is 25.3 Å². The minimum Gasteiger partial charge on any atom is -0.365 e. The number of hydrogen-bond acceptors (Lipinski definition) is 3. The Morgan fingerprint density at radius 3 is 2.79 bits per heavy atom. The Hall–Kier alpha value is -0.320. The van der Waals surface area contributed by atoms with E-state index in [2.05, 4.69) is 24.2 Å². The first-order valence-electron chi connectivity index (χ1n) is 4.69. The number of alkyl halides is 2. The number of hydrogen-bond donors (Lipinski definition) is 1. The average molecular weight is 222 g/mol.